The van der Waals surface area contributed by atoms with E-state index >= 15 is 0 Å². The highest BCUT2D eigenvalue weighted by atomic mass is 35.5. The van der Waals surface area contributed by atoms with Crippen molar-refractivity contribution in [1.29, 1.82) is 0 Å². The molecule has 0 bridgehead atoms. The maximum absolute atomic E-state index is 12.3. The molecule has 0 saturated heterocycles. The second-order valence-electron chi connectivity index (χ2n) is 5.38. The first-order chi connectivity index (χ1) is 8.32. The van der Waals surface area contributed by atoms with Crippen LogP contribution in [0.2, 0.25) is 5.15 Å². The second-order valence-corrected chi connectivity index (χ2v) is 5.76. The van der Waals surface area contributed by atoms with E-state index in [0.29, 0.717) is 18.5 Å². The lowest BCUT2D eigenvalue weighted by Gasteiger charge is -2.23. The Balaban J connectivity index is 3.33. The third-order valence-electron chi connectivity index (χ3n) is 3.27. The minimum absolute atomic E-state index is 0.0891. The Kier molecular flexibility index (Phi) is 4.79. The number of nitrogens with zero attached hydrogens (tertiary/aromatic N) is 1. The Morgan fingerprint density at radius 1 is 1.28 bits per heavy atom. The number of hydrogen-bond acceptors (Lipinski definition) is 2. The molecule has 0 unspecified atom stereocenters. The molecule has 0 aliphatic carbocycles. The van der Waals surface area contributed by atoms with E-state index in [1.54, 1.807) is 0 Å². The summed E-state index contributed by atoms with van der Waals surface area (Å²) in [5, 5.41) is 0.178. The molecule has 0 amide bonds. The van der Waals surface area contributed by atoms with Gasteiger partial charge in [-0.2, -0.15) is 0 Å². The Labute approximate surface area is 112 Å². The van der Waals surface area contributed by atoms with Gasteiger partial charge in [0.15, 0.2) is 0 Å². The van der Waals surface area contributed by atoms with Crippen LogP contribution in [-0.4, -0.2) is 9.55 Å². The Bertz CT molecular complexity index is 529. The number of hydrogen-bond donors (Lipinski definition) is 1. The van der Waals surface area contributed by atoms with Crippen LogP contribution in [0.3, 0.4) is 0 Å². The van der Waals surface area contributed by atoms with Crippen molar-refractivity contribution in [2.45, 2.75) is 53.5 Å². The SMILES string of the molecule is CCCc1c(Cl)[nH]c(=O)n(CC(C)(C)CC)c1=O. The topological polar surface area (TPSA) is 54.9 Å². The molecule has 1 aromatic rings. The fourth-order valence-electron chi connectivity index (χ4n) is 1.74. The maximum atomic E-state index is 12.3. The third-order valence-corrected chi connectivity index (χ3v) is 3.60. The average Bonchev–Trinajstić information content (AvgIpc) is 2.30. The first-order valence-electron chi connectivity index (χ1n) is 6.34. The molecule has 102 valence electrons. The Morgan fingerprint density at radius 3 is 2.39 bits per heavy atom. The highest BCUT2D eigenvalue weighted by molar-refractivity contribution is 6.30. The number of aromatic amines is 1. The van der Waals surface area contributed by atoms with Crippen LogP contribution in [-0.2, 0) is 13.0 Å². The monoisotopic (exact) mass is 272 g/mol. The van der Waals surface area contributed by atoms with E-state index in [4.69, 9.17) is 11.6 Å². The van der Waals surface area contributed by atoms with Gasteiger partial charge in [0.25, 0.3) is 5.56 Å². The van der Waals surface area contributed by atoms with Crippen LogP contribution in [0.25, 0.3) is 0 Å². The zero-order valence-corrected chi connectivity index (χ0v) is 12.2. The van der Waals surface area contributed by atoms with Crippen molar-refractivity contribution in [2.24, 2.45) is 5.41 Å². The second kappa shape index (κ2) is 5.74. The van der Waals surface area contributed by atoms with Gasteiger partial charge in [0.2, 0.25) is 0 Å². The van der Waals surface area contributed by atoms with Gasteiger partial charge in [-0.15, -0.1) is 0 Å². The molecular formula is C13H21ClN2O2. The Morgan fingerprint density at radius 2 is 1.89 bits per heavy atom. The fraction of sp³-hybridized carbons (Fsp3) is 0.692. The number of nitrogens with one attached hydrogen (secondary N) is 1. The molecule has 1 heterocycles. The molecule has 0 aromatic carbocycles. The van der Waals surface area contributed by atoms with Gasteiger partial charge in [-0.05, 0) is 18.3 Å². The molecule has 0 aliphatic heterocycles. The van der Waals surface area contributed by atoms with Crippen LogP contribution in [0.15, 0.2) is 9.59 Å². The zero-order valence-electron chi connectivity index (χ0n) is 11.5. The summed E-state index contributed by atoms with van der Waals surface area (Å²) in [6, 6.07) is 0. The van der Waals surface area contributed by atoms with E-state index in [-0.39, 0.29) is 16.1 Å². The number of halogens is 1. The lowest BCUT2D eigenvalue weighted by Crippen LogP contribution is -2.41. The van der Waals surface area contributed by atoms with E-state index < -0.39 is 5.69 Å². The molecule has 1 aromatic heterocycles. The first-order valence-corrected chi connectivity index (χ1v) is 6.71. The Hall–Kier alpha value is -1.03. The molecule has 0 spiro atoms. The van der Waals surface area contributed by atoms with E-state index in [1.165, 1.54) is 4.57 Å². The molecule has 5 heteroatoms. The van der Waals surface area contributed by atoms with E-state index in [9.17, 15) is 9.59 Å². The largest absolute Gasteiger partial charge is 0.329 e. The number of rotatable bonds is 5. The van der Waals surface area contributed by atoms with Crippen molar-refractivity contribution in [2.75, 3.05) is 0 Å². The van der Waals surface area contributed by atoms with Crippen molar-refractivity contribution in [3.8, 4) is 0 Å². The fourth-order valence-corrected chi connectivity index (χ4v) is 1.99. The van der Waals surface area contributed by atoms with E-state index in [2.05, 4.69) is 4.98 Å². The number of aromatic nitrogens is 2. The van der Waals surface area contributed by atoms with Gasteiger partial charge in [0.05, 0.1) is 5.56 Å². The first kappa shape index (κ1) is 15.0. The van der Waals surface area contributed by atoms with Gasteiger partial charge < -0.3 is 0 Å². The van der Waals surface area contributed by atoms with Gasteiger partial charge in [0.1, 0.15) is 5.15 Å². The van der Waals surface area contributed by atoms with Crippen LogP contribution in [0.4, 0.5) is 0 Å². The van der Waals surface area contributed by atoms with Crippen LogP contribution >= 0.6 is 11.6 Å². The summed E-state index contributed by atoms with van der Waals surface area (Å²) in [4.78, 5) is 26.6. The minimum Gasteiger partial charge on any atom is -0.297 e. The predicted octanol–water partition coefficient (Wildman–Crippen LogP) is 2.58. The van der Waals surface area contributed by atoms with Gasteiger partial charge in [-0.1, -0.05) is 45.7 Å². The summed E-state index contributed by atoms with van der Waals surface area (Å²) in [7, 11) is 0. The summed E-state index contributed by atoms with van der Waals surface area (Å²) in [5.41, 5.74) is -0.266. The standard InChI is InChI=1S/C13H21ClN2O2/c1-5-7-9-10(14)15-12(18)16(11(9)17)8-13(3,4)6-2/h5-8H2,1-4H3,(H,15,18). The van der Waals surface area contributed by atoms with Crippen molar-refractivity contribution in [3.05, 3.63) is 31.6 Å². The number of H-pyrrole nitrogens is 1. The van der Waals surface area contributed by atoms with Crippen molar-refractivity contribution >= 4 is 11.6 Å². The molecular weight excluding hydrogens is 252 g/mol. The van der Waals surface area contributed by atoms with Crippen molar-refractivity contribution < 1.29 is 0 Å². The van der Waals surface area contributed by atoms with Gasteiger partial charge in [-0.25, -0.2) is 4.79 Å². The van der Waals surface area contributed by atoms with Crippen LogP contribution in [0.1, 0.15) is 46.1 Å². The van der Waals surface area contributed by atoms with Crippen molar-refractivity contribution in [3.63, 3.8) is 0 Å². The summed E-state index contributed by atoms with van der Waals surface area (Å²) in [6.45, 7) is 8.49. The normalized spacial score (nSPS) is 11.8. The van der Waals surface area contributed by atoms with Gasteiger partial charge in [0, 0.05) is 6.54 Å². The highest BCUT2D eigenvalue weighted by Gasteiger charge is 2.20. The lowest BCUT2D eigenvalue weighted by molar-refractivity contribution is 0.284. The van der Waals surface area contributed by atoms with Crippen LogP contribution in [0.5, 0.6) is 0 Å². The molecule has 1 rings (SSSR count). The summed E-state index contributed by atoms with van der Waals surface area (Å²) in [6.07, 6.45) is 2.30. The highest BCUT2D eigenvalue weighted by Crippen LogP contribution is 2.21. The smallest absolute Gasteiger partial charge is 0.297 e. The summed E-state index contributed by atoms with van der Waals surface area (Å²) < 4.78 is 1.26. The van der Waals surface area contributed by atoms with Crippen molar-refractivity contribution in [1.82, 2.24) is 9.55 Å². The van der Waals surface area contributed by atoms with Gasteiger partial charge in [-0.3, -0.25) is 14.3 Å². The predicted molar refractivity (Wildman–Crippen MR) is 74.4 cm³/mol. The molecule has 0 atom stereocenters. The lowest BCUT2D eigenvalue weighted by atomic mass is 9.90. The molecule has 4 nitrogen and oxygen atoms in total. The maximum Gasteiger partial charge on any atom is 0.329 e. The molecule has 0 aliphatic rings. The molecule has 0 fully saturated rings. The molecule has 0 saturated carbocycles. The van der Waals surface area contributed by atoms with Crippen LogP contribution in [0, 0.1) is 5.41 Å². The summed E-state index contributed by atoms with van der Waals surface area (Å²) in [5.74, 6) is 0. The quantitative estimate of drug-likeness (QED) is 0.838. The third kappa shape index (κ3) is 3.25. The van der Waals surface area contributed by atoms with Crippen LogP contribution < -0.4 is 11.2 Å². The molecule has 18 heavy (non-hydrogen) atoms. The zero-order chi connectivity index (χ0) is 13.9. The van der Waals surface area contributed by atoms with E-state index in [1.807, 2.05) is 27.7 Å². The average molecular weight is 273 g/mol. The minimum atomic E-state index is -0.425. The molecule has 1 N–H and O–H groups in total. The molecule has 0 radical (unpaired) electrons. The van der Waals surface area contributed by atoms with Gasteiger partial charge >= 0.3 is 5.69 Å². The van der Waals surface area contributed by atoms with E-state index in [0.717, 1.165) is 12.8 Å². The summed E-state index contributed by atoms with van der Waals surface area (Å²) >= 11 is 5.92.